The fourth-order valence-electron chi connectivity index (χ4n) is 5.27. The zero-order chi connectivity index (χ0) is 32.5. The number of hydrogen-bond donors (Lipinski definition) is 0. The highest BCUT2D eigenvalue weighted by atomic mass is 31.2. The van der Waals surface area contributed by atoms with E-state index in [1.807, 2.05) is 0 Å². The molecule has 6 aromatic carbocycles. The summed E-state index contributed by atoms with van der Waals surface area (Å²) < 4.78 is 6.38. The lowest BCUT2D eigenvalue weighted by Gasteiger charge is -2.20. The molecule has 0 saturated carbocycles. The summed E-state index contributed by atoms with van der Waals surface area (Å²) in [5.41, 5.74) is -0.694. The van der Waals surface area contributed by atoms with Crippen molar-refractivity contribution < 1.29 is 9.90 Å². The molecule has 6 rings (SSSR count). The number of hydrogen-bond acceptors (Lipinski definition) is 2. The van der Waals surface area contributed by atoms with Gasteiger partial charge in [-0.25, -0.2) is 0 Å². The average molecular weight is 640 g/mol. The molecule has 0 radical (unpaired) electrons. The Morgan fingerprint density at radius 2 is 0.565 bits per heavy atom. The first-order chi connectivity index (χ1) is 22.3. The number of rotatable bonds is 6. The van der Waals surface area contributed by atoms with E-state index in [-0.39, 0.29) is 0 Å². The van der Waals surface area contributed by atoms with Gasteiger partial charge in [-0.1, -0.05) is 130 Å². The van der Waals surface area contributed by atoms with Crippen LogP contribution < -0.4 is 41.1 Å². The molecule has 0 fully saturated rings. The summed E-state index contributed by atoms with van der Waals surface area (Å²) in [5, 5.41) is 17.5. The van der Waals surface area contributed by atoms with Crippen LogP contribution in [0.4, 0.5) is 0 Å². The standard InChI is InChI=1S/C36H30NP2.C5H10O2/c1-7-19-31(20-8-1)38(32-21-9-2-10-22-32,33-23-11-3-12-24-33)37-39(34-25-13-4-14-26-34,35-27-15-5-16-28-35)36-29-17-6-18-30-36;1-5(2,3)4(6)7/h1-30H;1-3H3,(H,6,7)/q+1;/p-1. The third-order valence-electron chi connectivity index (χ3n) is 7.66. The normalized spacial score (nSPS) is 11.5. The number of carboxylic acids is 1. The molecule has 6 aromatic rings. The van der Waals surface area contributed by atoms with E-state index in [4.69, 9.17) is 4.17 Å². The number of benzene rings is 6. The minimum absolute atomic E-state index is 0.694. The van der Waals surface area contributed by atoms with Crippen molar-refractivity contribution in [2.75, 3.05) is 0 Å². The van der Waals surface area contributed by atoms with Crippen molar-refractivity contribution in [3.8, 4) is 0 Å². The molecule has 0 aliphatic carbocycles. The molecule has 0 aliphatic heterocycles. The molecular weight excluding hydrogens is 600 g/mol. The first-order valence-electron chi connectivity index (χ1n) is 15.4. The zero-order valence-electron chi connectivity index (χ0n) is 26.5. The maximum atomic E-state index is 9.91. The van der Waals surface area contributed by atoms with Crippen LogP contribution in [0.5, 0.6) is 0 Å². The van der Waals surface area contributed by atoms with Gasteiger partial charge < -0.3 is 9.90 Å². The van der Waals surface area contributed by atoms with Crippen LogP contribution in [-0.4, -0.2) is 5.97 Å². The molecule has 0 saturated heterocycles. The summed E-state index contributed by atoms with van der Waals surface area (Å²) in [7, 11) is -4.99. The highest BCUT2D eigenvalue weighted by Gasteiger charge is 2.44. The Kier molecular flexibility index (Phi) is 10.4. The van der Waals surface area contributed by atoms with Crippen LogP contribution >= 0.6 is 14.1 Å². The maximum Gasteiger partial charge on any atom is 0.301 e. The summed E-state index contributed by atoms with van der Waals surface area (Å²) in [6.07, 6.45) is 0. The minimum atomic E-state index is -2.50. The Morgan fingerprint density at radius 3 is 0.696 bits per heavy atom. The third kappa shape index (κ3) is 6.94. The number of carbonyl (C=O) groups is 1. The average Bonchev–Trinajstić information content (AvgIpc) is 3.11. The number of carbonyl (C=O) groups excluding carboxylic acids is 1. The Hall–Kier alpha value is -4.64. The lowest BCUT2D eigenvalue weighted by atomic mass is 9.98. The summed E-state index contributed by atoms with van der Waals surface area (Å²) >= 11 is 0. The maximum absolute atomic E-state index is 9.91. The van der Waals surface area contributed by atoms with Gasteiger partial charge in [0.1, 0.15) is 0 Å². The van der Waals surface area contributed by atoms with Crippen LogP contribution in [0.15, 0.2) is 182 Å². The van der Waals surface area contributed by atoms with Gasteiger partial charge in [0, 0.05) is 11.4 Å². The van der Waals surface area contributed by atoms with Crippen molar-refractivity contribution >= 4 is 51.9 Å². The fourth-order valence-corrected chi connectivity index (χ4v) is 14.8. The van der Waals surface area contributed by atoms with Crippen molar-refractivity contribution in [2.24, 2.45) is 5.41 Å². The number of nitrogens with zero attached hydrogens (tertiary/aromatic N) is 1. The Labute approximate surface area is 273 Å². The molecule has 0 unspecified atom stereocenters. The first-order valence-corrected chi connectivity index (χ1v) is 18.8. The van der Waals surface area contributed by atoms with Gasteiger partial charge >= 0.3 is 14.1 Å². The van der Waals surface area contributed by atoms with E-state index >= 15 is 0 Å². The SMILES string of the molecule is CC(C)(C)C(=O)[O-].c1ccc(P(=[N+]=P(c2ccccc2)(c2ccccc2)c2ccccc2)(c2ccccc2)c2ccccc2)cc1. The van der Waals surface area contributed by atoms with E-state index in [0.717, 1.165) is 0 Å². The Bertz CT molecular complexity index is 1630. The summed E-state index contributed by atoms with van der Waals surface area (Å²) in [5.74, 6) is -1.01. The van der Waals surface area contributed by atoms with Crippen LogP contribution in [0, 0.1) is 5.41 Å². The second kappa shape index (κ2) is 14.6. The molecule has 0 spiro atoms. The molecule has 0 atom stereocenters. The third-order valence-corrected chi connectivity index (χ3v) is 16.1. The molecule has 0 heterocycles. The van der Waals surface area contributed by atoms with E-state index < -0.39 is 25.5 Å². The fraction of sp³-hybridized carbons (Fsp3) is 0.0976. The van der Waals surface area contributed by atoms with Crippen molar-refractivity contribution in [2.45, 2.75) is 20.8 Å². The van der Waals surface area contributed by atoms with Gasteiger partial charge in [0.15, 0.2) is 0 Å². The van der Waals surface area contributed by atoms with Gasteiger partial charge in [-0.2, -0.15) is 0 Å². The minimum Gasteiger partial charge on any atom is -0.550 e. The zero-order valence-corrected chi connectivity index (χ0v) is 28.3. The van der Waals surface area contributed by atoms with Crippen molar-refractivity contribution in [3.63, 3.8) is 0 Å². The lowest BCUT2D eigenvalue weighted by molar-refractivity contribution is -0.316. The van der Waals surface area contributed by atoms with Gasteiger partial charge in [0.2, 0.25) is 0 Å². The van der Waals surface area contributed by atoms with Gasteiger partial charge in [-0.3, -0.25) is 0 Å². The van der Waals surface area contributed by atoms with Crippen LogP contribution in [0.25, 0.3) is 0 Å². The molecule has 0 aromatic heterocycles. The van der Waals surface area contributed by atoms with Crippen molar-refractivity contribution in [1.29, 1.82) is 0 Å². The number of carboxylic acid groups (broad SMARTS) is 1. The molecule has 3 nitrogen and oxygen atoms in total. The van der Waals surface area contributed by atoms with Gasteiger partial charge in [0.25, 0.3) is 0 Å². The summed E-state index contributed by atoms with van der Waals surface area (Å²) in [4.78, 5) is 9.91. The van der Waals surface area contributed by atoms with Gasteiger partial charge in [0.05, 0.1) is 31.8 Å². The largest absolute Gasteiger partial charge is 0.550 e. The van der Waals surface area contributed by atoms with Crippen molar-refractivity contribution in [1.82, 2.24) is 4.17 Å². The molecule has 0 aliphatic rings. The molecule has 5 heteroatoms. The highest BCUT2D eigenvalue weighted by molar-refractivity contribution is 7.93. The monoisotopic (exact) mass is 639 g/mol. The smallest absolute Gasteiger partial charge is 0.301 e. The quantitative estimate of drug-likeness (QED) is 0.161. The lowest BCUT2D eigenvalue weighted by Crippen LogP contribution is -2.35. The number of aliphatic carboxylic acids is 1. The van der Waals surface area contributed by atoms with E-state index in [0.29, 0.717) is 0 Å². The second-order valence-corrected chi connectivity index (χ2v) is 18.3. The Balaban J connectivity index is 0.000000537. The molecule has 0 amide bonds. The molecule has 46 heavy (non-hydrogen) atoms. The van der Waals surface area contributed by atoms with Gasteiger partial charge in [-0.15, -0.1) is 4.17 Å². The van der Waals surface area contributed by atoms with E-state index in [9.17, 15) is 9.90 Å². The summed E-state index contributed by atoms with van der Waals surface area (Å²) in [6.45, 7) is 4.80. The topological polar surface area (TPSA) is 54.2 Å². The van der Waals surface area contributed by atoms with Crippen LogP contribution in [0.2, 0.25) is 0 Å². The van der Waals surface area contributed by atoms with Gasteiger partial charge in [-0.05, 0) is 72.8 Å². The van der Waals surface area contributed by atoms with E-state index in [1.54, 1.807) is 20.8 Å². The predicted octanol–water partition coefficient (Wildman–Crippen LogP) is 6.19. The molecular formula is C41H39NO2P2. The first kappa shape index (κ1) is 32.7. The summed E-state index contributed by atoms with van der Waals surface area (Å²) in [6, 6.07) is 65.7. The molecule has 0 N–H and O–H groups in total. The highest BCUT2D eigenvalue weighted by Crippen LogP contribution is 2.50. The van der Waals surface area contributed by atoms with E-state index in [1.165, 1.54) is 31.8 Å². The van der Waals surface area contributed by atoms with Crippen LogP contribution in [0.1, 0.15) is 20.8 Å². The second-order valence-electron chi connectivity index (χ2n) is 11.9. The predicted molar refractivity (Wildman–Crippen MR) is 197 cm³/mol. The van der Waals surface area contributed by atoms with Crippen LogP contribution in [-0.2, 0) is 4.79 Å². The van der Waals surface area contributed by atoms with E-state index in [2.05, 4.69) is 182 Å². The molecule has 0 bridgehead atoms. The van der Waals surface area contributed by atoms with Crippen molar-refractivity contribution in [3.05, 3.63) is 182 Å². The molecule has 230 valence electrons. The van der Waals surface area contributed by atoms with Crippen LogP contribution in [0.3, 0.4) is 0 Å². The Morgan fingerprint density at radius 1 is 0.413 bits per heavy atom.